The predicted molar refractivity (Wildman–Crippen MR) is 118 cm³/mol. The molecule has 0 saturated carbocycles. The molecule has 0 amide bonds. The monoisotopic (exact) mass is 396 g/mol. The molecule has 0 aromatic rings. The fraction of sp³-hybridized carbons (Fsp3) is 0.750. The van der Waals surface area contributed by atoms with E-state index >= 15 is 0 Å². The maximum absolute atomic E-state index is 11.5. The van der Waals surface area contributed by atoms with Gasteiger partial charge in [0.25, 0.3) is 0 Å². The maximum atomic E-state index is 11.5. The Morgan fingerprint density at radius 3 is 1.79 bits per heavy atom. The number of rotatable bonds is 12. The maximum Gasteiger partial charge on any atom is 0.333 e. The Morgan fingerprint density at radius 1 is 0.893 bits per heavy atom. The first kappa shape index (κ1) is 28.6. The molecule has 0 heterocycles. The van der Waals surface area contributed by atoms with Crippen LogP contribution in [0.3, 0.4) is 0 Å². The van der Waals surface area contributed by atoms with Crippen LogP contribution in [0.25, 0.3) is 0 Å². The third-order valence-electron chi connectivity index (χ3n) is 4.77. The van der Waals surface area contributed by atoms with Gasteiger partial charge in [-0.15, -0.1) is 0 Å². The summed E-state index contributed by atoms with van der Waals surface area (Å²) in [5.74, 6) is 1.20. The van der Waals surface area contributed by atoms with E-state index in [1.165, 1.54) is 0 Å². The zero-order valence-electron chi connectivity index (χ0n) is 19.5. The van der Waals surface area contributed by atoms with Crippen molar-refractivity contribution in [1.29, 1.82) is 0 Å². The molecule has 0 rings (SSSR count). The highest BCUT2D eigenvalue weighted by Gasteiger charge is 2.18. The van der Waals surface area contributed by atoms with Crippen molar-refractivity contribution >= 4 is 11.9 Å². The molecule has 4 nitrogen and oxygen atoms in total. The van der Waals surface area contributed by atoms with Gasteiger partial charge >= 0.3 is 11.9 Å². The summed E-state index contributed by atoms with van der Waals surface area (Å²) in [6.45, 7) is 24.0. The van der Waals surface area contributed by atoms with Crippen LogP contribution >= 0.6 is 0 Å². The van der Waals surface area contributed by atoms with E-state index in [4.69, 9.17) is 9.84 Å². The number of carboxylic acids is 1. The molecule has 0 aromatic carbocycles. The average molecular weight is 397 g/mol. The summed E-state index contributed by atoms with van der Waals surface area (Å²) in [5.41, 5.74) is 0.884. The Balaban J connectivity index is 0. The second-order valence-electron chi connectivity index (χ2n) is 8.86. The minimum atomic E-state index is -0.864. The van der Waals surface area contributed by atoms with Crippen LogP contribution in [0.4, 0.5) is 0 Å². The number of hydrogen-bond acceptors (Lipinski definition) is 3. The molecule has 0 fully saturated rings. The second kappa shape index (κ2) is 15.4. The van der Waals surface area contributed by atoms with Crippen molar-refractivity contribution in [3.63, 3.8) is 0 Å². The number of hydrogen-bond donors (Lipinski definition) is 1. The first-order valence-corrected chi connectivity index (χ1v) is 10.6. The average Bonchev–Trinajstić information content (AvgIpc) is 2.57. The van der Waals surface area contributed by atoms with Crippen LogP contribution in [0.5, 0.6) is 0 Å². The van der Waals surface area contributed by atoms with E-state index in [0.717, 1.165) is 19.3 Å². The Labute approximate surface area is 173 Å². The summed E-state index contributed by atoms with van der Waals surface area (Å²) < 4.78 is 5.33. The zero-order chi connectivity index (χ0) is 22.4. The van der Waals surface area contributed by atoms with Gasteiger partial charge in [-0.25, -0.2) is 9.59 Å². The molecule has 28 heavy (non-hydrogen) atoms. The molecule has 0 aliphatic carbocycles. The SMILES string of the molecule is C=C(CC)C(=O)OC(C)C(C)CC(C)C.C=C(CCC(C)CC(C)C)C(=O)O. The molecule has 164 valence electrons. The van der Waals surface area contributed by atoms with Gasteiger partial charge < -0.3 is 9.84 Å². The standard InChI is InChI=1S/C13H24O2.C11H20O2/c1-7-10(4)13(14)15-12(6)11(5)8-9(2)3;1-8(2)7-9(3)5-6-10(4)11(12)13/h9,11-12H,4,7-8H2,1-3,5-6H3;8-9H,4-7H2,1-3H3,(H,12,13). The molecule has 0 aliphatic heterocycles. The van der Waals surface area contributed by atoms with E-state index < -0.39 is 5.97 Å². The second-order valence-corrected chi connectivity index (χ2v) is 8.86. The van der Waals surface area contributed by atoms with Crippen molar-refractivity contribution in [2.24, 2.45) is 23.7 Å². The smallest absolute Gasteiger partial charge is 0.333 e. The van der Waals surface area contributed by atoms with E-state index in [0.29, 0.717) is 47.7 Å². The number of carbonyl (C=O) groups excluding carboxylic acids is 1. The lowest BCUT2D eigenvalue weighted by atomic mass is 9.93. The Hall–Kier alpha value is -1.58. The summed E-state index contributed by atoms with van der Waals surface area (Å²) in [7, 11) is 0. The lowest BCUT2D eigenvalue weighted by molar-refractivity contribution is -0.146. The number of aliphatic carboxylic acids is 1. The van der Waals surface area contributed by atoms with Crippen LogP contribution in [0.2, 0.25) is 0 Å². The topological polar surface area (TPSA) is 63.6 Å². The summed E-state index contributed by atoms with van der Waals surface area (Å²) in [6.07, 6.45) is 4.42. The molecule has 3 unspecified atom stereocenters. The molecule has 0 aliphatic rings. The largest absolute Gasteiger partial charge is 0.478 e. The molecule has 4 heteroatoms. The zero-order valence-corrected chi connectivity index (χ0v) is 19.5. The highest BCUT2D eigenvalue weighted by atomic mass is 16.5. The summed E-state index contributed by atoms with van der Waals surface area (Å²) in [6, 6.07) is 0. The summed E-state index contributed by atoms with van der Waals surface area (Å²) in [4.78, 5) is 21.9. The van der Waals surface area contributed by atoms with Gasteiger partial charge in [0, 0.05) is 11.1 Å². The van der Waals surface area contributed by atoms with Crippen LogP contribution in [0, 0.1) is 23.7 Å². The van der Waals surface area contributed by atoms with Crippen LogP contribution in [-0.4, -0.2) is 23.1 Å². The number of carbonyl (C=O) groups is 2. The Bertz CT molecular complexity index is 491. The van der Waals surface area contributed by atoms with Crippen LogP contribution in [0.15, 0.2) is 24.3 Å². The first-order valence-electron chi connectivity index (χ1n) is 10.6. The van der Waals surface area contributed by atoms with Gasteiger partial charge in [-0.1, -0.05) is 61.6 Å². The van der Waals surface area contributed by atoms with Crippen LogP contribution < -0.4 is 0 Å². The van der Waals surface area contributed by atoms with Gasteiger partial charge in [-0.05, 0) is 62.7 Å². The fourth-order valence-electron chi connectivity index (χ4n) is 2.90. The highest BCUT2D eigenvalue weighted by molar-refractivity contribution is 5.87. The van der Waals surface area contributed by atoms with Crippen molar-refractivity contribution in [3.05, 3.63) is 24.3 Å². The van der Waals surface area contributed by atoms with Gasteiger partial charge in [0.2, 0.25) is 0 Å². The van der Waals surface area contributed by atoms with E-state index in [9.17, 15) is 9.59 Å². The van der Waals surface area contributed by atoms with Gasteiger partial charge in [-0.2, -0.15) is 0 Å². The van der Waals surface area contributed by atoms with E-state index in [-0.39, 0.29) is 12.1 Å². The van der Waals surface area contributed by atoms with E-state index in [1.807, 2.05) is 13.8 Å². The number of esters is 1. The van der Waals surface area contributed by atoms with E-state index in [1.54, 1.807) is 0 Å². The molecular formula is C24H44O4. The third kappa shape index (κ3) is 15.5. The van der Waals surface area contributed by atoms with Gasteiger partial charge in [-0.3, -0.25) is 0 Å². The predicted octanol–water partition coefficient (Wildman–Crippen LogP) is 6.66. The molecule has 3 atom stereocenters. The minimum Gasteiger partial charge on any atom is -0.478 e. The van der Waals surface area contributed by atoms with Crippen molar-refractivity contribution in [1.82, 2.24) is 0 Å². The minimum absolute atomic E-state index is 0.0248. The number of carboxylic acid groups (broad SMARTS) is 1. The van der Waals surface area contributed by atoms with Crippen molar-refractivity contribution in [2.45, 2.75) is 93.6 Å². The molecule has 0 spiro atoms. The quantitative estimate of drug-likeness (QED) is 0.296. The molecule has 0 saturated heterocycles. The van der Waals surface area contributed by atoms with Gasteiger partial charge in [0.1, 0.15) is 6.10 Å². The normalized spacial score (nSPS) is 13.9. The van der Waals surface area contributed by atoms with Crippen molar-refractivity contribution < 1.29 is 19.4 Å². The summed E-state index contributed by atoms with van der Waals surface area (Å²) in [5, 5.41) is 8.58. The van der Waals surface area contributed by atoms with Gasteiger partial charge in [0.15, 0.2) is 0 Å². The highest BCUT2D eigenvalue weighted by Crippen LogP contribution is 2.19. The Morgan fingerprint density at radius 2 is 1.39 bits per heavy atom. The van der Waals surface area contributed by atoms with Crippen molar-refractivity contribution in [2.75, 3.05) is 0 Å². The molecule has 0 bridgehead atoms. The van der Waals surface area contributed by atoms with Crippen LogP contribution in [0.1, 0.15) is 87.5 Å². The van der Waals surface area contributed by atoms with Crippen molar-refractivity contribution in [3.8, 4) is 0 Å². The lowest BCUT2D eigenvalue weighted by Crippen LogP contribution is -2.23. The summed E-state index contributed by atoms with van der Waals surface area (Å²) >= 11 is 0. The molecule has 1 N–H and O–H groups in total. The lowest BCUT2D eigenvalue weighted by Gasteiger charge is -2.22. The van der Waals surface area contributed by atoms with Crippen LogP contribution in [-0.2, 0) is 14.3 Å². The molecular weight excluding hydrogens is 352 g/mol. The Kier molecular flexibility index (Phi) is 15.7. The number of ether oxygens (including phenoxy) is 1. The third-order valence-corrected chi connectivity index (χ3v) is 4.77. The van der Waals surface area contributed by atoms with E-state index in [2.05, 4.69) is 54.7 Å². The molecule has 0 aromatic heterocycles. The first-order chi connectivity index (χ1) is 12.8. The fourth-order valence-corrected chi connectivity index (χ4v) is 2.90. The van der Waals surface area contributed by atoms with Gasteiger partial charge in [0.05, 0.1) is 0 Å². The molecule has 0 radical (unpaired) electrons.